The summed E-state index contributed by atoms with van der Waals surface area (Å²) in [4.78, 5) is 0.284. The number of rotatable bonds is 6. The number of benzene rings is 2. The molecule has 1 saturated heterocycles. The first-order chi connectivity index (χ1) is 12.5. The van der Waals surface area contributed by atoms with Crippen LogP contribution in [0.15, 0.2) is 47.4 Å². The number of ether oxygens (including phenoxy) is 3. The van der Waals surface area contributed by atoms with E-state index in [1.807, 2.05) is 0 Å². The number of nitrogens with zero attached hydrogens (tertiary/aromatic N) is 1. The van der Waals surface area contributed by atoms with Gasteiger partial charge in [-0.05, 0) is 18.2 Å². The monoisotopic (exact) mass is 395 g/mol. The lowest BCUT2D eigenvalue weighted by molar-refractivity contribution is 0.344. The molecule has 0 amide bonds. The van der Waals surface area contributed by atoms with Crippen molar-refractivity contribution < 1.29 is 22.6 Å². The third-order valence-corrected chi connectivity index (χ3v) is 7.46. The van der Waals surface area contributed by atoms with Crippen LogP contribution in [0.25, 0.3) is 0 Å². The second-order valence-electron chi connectivity index (χ2n) is 5.60. The lowest BCUT2D eigenvalue weighted by Crippen LogP contribution is -2.30. The summed E-state index contributed by atoms with van der Waals surface area (Å²) in [6.07, 6.45) is 0. The molecule has 0 aromatic heterocycles. The van der Waals surface area contributed by atoms with Gasteiger partial charge in [0.25, 0.3) is 0 Å². The SMILES string of the molecule is COc1cc(OC)c(C2SCCN2S(=O)(=O)c2ccccc2)cc1OC. The maximum absolute atomic E-state index is 13.1. The summed E-state index contributed by atoms with van der Waals surface area (Å²) in [5, 5.41) is -0.394. The van der Waals surface area contributed by atoms with Crippen molar-refractivity contribution in [2.75, 3.05) is 33.6 Å². The van der Waals surface area contributed by atoms with Crippen LogP contribution < -0.4 is 14.2 Å². The van der Waals surface area contributed by atoms with Crippen LogP contribution in [0.1, 0.15) is 10.9 Å². The van der Waals surface area contributed by atoms with Crippen molar-refractivity contribution in [1.29, 1.82) is 0 Å². The smallest absolute Gasteiger partial charge is 0.244 e. The molecule has 0 radical (unpaired) electrons. The normalized spacial score (nSPS) is 17.9. The Kier molecular flexibility index (Phi) is 5.64. The molecule has 0 spiro atoms. The third kappa shape index (κ3) is 3.36. The molecule has 1 unspecified atom stereocenters. The van der Waals surface area contributed by atoms with Gasteiger partial charge in [0.2, 0.25) is 10.0 Å². The van der Waals surface area contributed by atoms with Gasteiger partial charge < -0.3 is 14.2 Å². The van der Waals surface area contributed by atoms with Gasteiger partial charge in [0, 0.05) is 23.9 Å². The van der Waals surface area contributed by atoms with E-state index in [1.54, 1.807) is 75.6 Å². The molecular weight excluding hydrogens is 374 g/mol. The zero-order valence-electron chi connectivity index (χ0n) is 14.8. The highest BCUT2D eigenvalue weighted by Crippen LogP contribution is 2.47. The summed E-state index contributed by atoms with van der Waals surface area (Å²) in [7, 11) is 1.04. The molecule has 8 heteroatoms. The van der Waals surface area contributed by atoms with Crippen molar-refractivity contribution in [3.05, 3.63) is 48.0 Å². The maximum Gasteiger partial charge on any atom is 0.244 e. The van der Waals surface area contributed by atoms with Gasteiger partial charge in [-0.3, -0.25) is 0 Å². The lowest BCUT2D eigenvalue weighted by Gasteiger charge is -2.25. The Labute approximate surface area is 158 Å². The summed E-state index contributed by atoms with van der Waals surface area (Å²) in [6, 6.07) is 12.0. The molecule has 0 aliphatic carbocycles. The molecule has 2 aromatic rings. The number of methoxy groups -OCH3 is 3. The summed E-state index contributed by atoms with van der Waals surface area (Å²) >= 11 is 1.56. The molecule has 1 atom stereocenters. The molecule has 0 saturated carbocycles. The largest absolute Gasteiger partial charge is 0.496 e. The first kappa shape index (κ1) is 18.9. The van der Waals surface area contributed by atoms with Crippen molar-refractivity contribution in [3.8, 4) is 17.2 Å². The molecule has 140 valence electrons. The molecule has 1 aliphatic heterocycles. The van der Waals surface area contributed by atoms with Gasteiger partial charge in [-0.15, -0.1) is 11.8 Å². The van der Waals surface area contributed by atoms with Crippen LogP contribution in [0.3, 0.4) is 0 Å². The van der Waals surface area contributed by atoms with E-state index in [2.05, 4.69) is 0 Å². The third-order valence-electron chi connectivity index (χ3n) is 4.20. The molecule has 3 rings (SSSR count). The fourth-order valence-electron chi connectivity index (χ4n) is 2.92. The molecule has 26 heavy (non-hydrogen) atoms. The van der Waals surface area contributed by atoms with Crippen LogP contribution in [0.4, 0.5) is 0 Å². The van der Waals surface area contributed by atoms with Crippen molar-refractivity contribution in [2.24, 2.45) is 0 Å². The molecular formula is C18H21NO5S2. The average molecular weight is 396 g/mol. The van der Waals surface area contributed by atoms with Gasteiger partial charge >= 0.3 is 0 Å². The highest BCUT2D eigenvalue weighted by Gasteiger charge is 2.38. The second kappa shape index (κ2) is 7.77. The van der Waals surface area contributed by atoms with Crippen LogP contribution in [0.5, 0.6) is 17.2 Å². The molecule has 0 bridgehead atoms. The average Bonchev–Trinajstić information content (AvgIpc) is 3.18. The van der Waals surface area contributed by atoms with Crippen molar-refractivity contribution in [2.45, 2.75) is 10.3 Å². The minimum absolute atomic E-state index is 0.284. The van der Waals surface area contributed by atoms with E-state index in [9.17, 15) is 8.42 Å². The Hall–Kier alpha value is -1.90. The minimum Gasteiger partial charge on any atom is -0.496 e. The molecule has 2 aromatic carbocycles. The summed E-state index contributed by atoms with van der Waals surface area (Å²) in [5.41, 5.74) is 0.743. The van der Waals surface area contributed by atoms with E-state index >= 15 is 0 Å². The molecule has 1 heterocycles. The number of hydrogen-bond acceptors (Lipinski definition) is 6. The molecule has 1 fully saturated rings. The van der Waals surface area contributed by atoms with Crippen LogP contribution in [0.2, 0.25) is 0 Å². The summed E-state index contributed by atoms with van der Waals surface area (Å²) in [6.45, 7) is 0.435. The van der Waals surface area contributed by atoms with Gasteiger partial charge in [-0.25, -0.2) is 8.42 Å². The van der Waals surface area contributed by atoms with Crippen LogP contribution >= 0.6 is 11.8 Å². The van der Waals surface area contributed by atoms with Crippen LogP contribution in [-0.4, -0.2) is 46.4 Å². The van der Waals surface area contributed by atoms with E-state index in [1.165, 1.54) is 4.31 Å². The standard InChI is InChI=1S/C18H21NO5S2/c1-22-15-12-17(24-3)16(23-2)11-14(15)18-19(9-10-25-18)26(20,21)13-7-5-4-6-8-13/h4-8,11-12,18H,9-10H2,1-3H3. The predicted molar refractivity (Wildman–Crippen MR) is 102 cm³/mol. The number of sulfonamides is 1. The Morgan fingerprint density at radius 3 is 2.19 bits per heavy atom. The Balaban J connectivity index is 2.06. The fourth-order valence-corrected chi connectivity index (χ4v) is 6.19. The van der Waals surface area contributed by atoms with Crippen molar-refractivity contribution in [1.82, 2.24) is 4.31 Å². The van der Waals surface area contributed by atoms with Gasteiger partial charge in [-0.2, -0.15) is 4.31 Å². The van der Waals surface area contributed by atoms with Gasteiger partial charge in [0.15, 0.2) is 11.5 Å². The van der Waals surface area contributed by atoms with E-state index in [4.69, 9.17) is 14.2 Å². The number of thioether (sulfide) groups is 1. The first-order valence-corrected chi connectivity index (χ1v) is 10.5. The van der Waals surface area contributed by atoms with E-state index in [0.29, 0.717) is 29.5 Å². The molecule has 0 N–H and O–H groups in total. The topological polar surface area (TPSA) is 65.1 Å². The minimum atomic E-state index is -3.61. The maximum atomic E-state index is 13.1. The van der Waals surface area contributed by atoms with E-state index in [-0.39, 0.29) is 4.90 Å². The highest BCUT2D eigenvalue weighted by atomic mass is 32.2. The van der Waals surface area contributed by atoms with Gasteiger partial charge in [0.05, 0.1) is 31.6 Å². The van der Waals surface area contributed by atoms with Crippen molar-refractivity contribution >= 4 is 21.8 Å². The molecule has 1 aliphatic rings. The lowest BCUT2D eigenvalue weighted by atomic mass is 10.1. The zero-order valence-corrected chi connectivity index (χ0v) is 16.5. The van der Waals surface area contributed by atoms with Gasteiger partial charge in [0.1, 0.15) is 5.75 Å². The predicted octanol–water partition coefficient (Wildman–Crippen LogP) is 3.15. The van der Waals surface area contributed by atoms with E-state index in [0.717, 1.165) is 5.56 Å². The summed E-state index contributed by atoms with van der Waals surface area (Å²) < 4.78 is 43.9. The summed E-state index contributed by atoms with van der Waals surface area (Å²) in [5.74, 6) is 2.34. The zero-order chi connectivity index (χ0) is 18.7. The van der Waals surface area contributed by atoms with Crippen LogP contribution in [0, 0.1) is 0 Å². The highest BCUT2D eigenvalue weighted by molar-refractivity contribution is 8.01. The second-order valence-corrected chi connectivity index (χ2v) is 8.68. The van der Waals surface area contributed by atoms with Crippen LogP contribution in [-0.2, 0) is 10.0 Å². The Bertz CT molecular complexity index is 871. The number of hydrogen-bond donors (Lipinski definition) is 0. The van der Waals surface area contributed by atoms with Crippen molar-refractivity contribution in [3.63, 3.8) is 0 Å². The molecule has 6 nitrogen and oxygen atoms in total. The van der Waals surface area contributed by atoms with Gasteiger partial charge in [-0.1, -0.05) is 18.2 Å². The fraction of sp³-hybridized carbons (Fsp3) is 0.333. The Morgan fingerprint density at radius 2 is 1.58 bits per heavy atom. The quantitative estimate of drug-likeness (QED) is 0.749. The van der Waals surface area contributed by atoms with E-state index < -0.39 is 15.4 Å². The Morgan fingerprint density at radius 1 is 0.962 bits per heavy atom. The first-order valence-electron chi connectivity index (χ1n) is 8.01.